The van der Waals surface area contributed by atoms with Crippen LogP contribution in [0.25, 0.3) is 0 Å². The third-order valence-corrected chi connectivity index (χ3v) is 4.14. The molecule has 1 unspecified atom stereocenters. The number of nitrogens with one attached hydrogen (secondary N) is 1. The molecule has 1 aromatic carbocycles. The largest absolute Gasteiger partial charge is 0.490 e. The molecule has 0 radical (unpaired) electrons. The number of rotatable bonds is 8. The van der Waals surface area contributed by atoms with Crippen LogP contribution in [0, 0.1) is 0 Å². The first-order valence-corrected chi connectivity index (χ1v) is 8.27. The smallest absolute Gasteiger partial charge is 0.119 e. The molecule has 0 bridgehead atoms. The van der Waals surface area contributed by atoms with E-state index in [-0.39, 0.29) is 0 Å². The van der Waals surface area contributed by atoms with Gasteiger partial charge in [-0.1, -0.05) is 19.1 Å². The summed E-state index contributed by atoms with van der Waals surface area (Å²) in [5.74, 6) is 1.04. The minimum absolute atomic E-state index is 0.458. The van der Waals surface area contributed by atoms with E-state index in [9.17, 15) is 0 Å². The summed E-state index contributed by atoms with van der Waals surface area (Å²) in [7, 11) is 0. The molecule has 20 heavy (non-hydrogen) atoms. The molecule has 1 aliphatic carbocycles. The molecule has 0 amide bonds. The van der Waals surface area contributed by atoms with E-state index in [4.69, 9.17) is 4.74 Å². The predicted molar refractivity (Wildman–Crippen MR) is 85.4 cm³/mol. The molecule has 1 aromatic rings. The van der Waals surface area contributed by atoms with Gasteiger partial charge in [0.1, 0.15) is 5.75 Å². The highest BCUT2D eigenvalue weighted by molar-refractivity contribution is 5.27. The van der Waals surface area contributed by atoms with Crippen molar-refractivity contribution >= 4 is 0 Å². The van der Waals surface area contributed by atoms with Gasteiger partial charge in [-0.2, -0.15) is 0 Å². The van der Waals surface area contributed by atoms with Crippen molar-refractivity contribution in [3.63, 3.8) is 0 Å². The molecule has 0 aliphatic heterocycles. The minimum atomic E-state index is 0.458. The van der Waals surface area contributed by atoms with Crippen LogP contribution in [0.15, 0.2) is 24.3 Å². The molecule has 1 aliphatic rings. The van der Waals surface area contributed by atoms with Crippen LogP contribution in [0.1, 0.15) is 57.9 Å². The van der Waals surface area contributed by atoms with E-state index in [1.807, 2.05) is 0 Å². The van der Waals surface area contributed by atoms with Gasteiger partial charge in [-0.05, 0) is 76.1 Å². The van der Waals surface area contributed by atoms with E-state index in [1.165, 1.54) is 44.1 Å². The summed E-state index contributed by atoms with van der Waals surface area (Å²) in [4.78, 5) is 0. The van der Waals surface area contributed by atoms with Gasteiger partial charge in [0.2, 0.25) is 0 Å². The summed E-state index contributed by atoms with van der Waals surface area (Å²) in [6, 6.07) is 9.31. The summed E-state index contributed by atoms with van der Waals surface area (Å²) >= 11 is 0. The summed E-state index contributed by atoms with van der Waals surface area (Å²) < 4.78 is 6.00. The average Bonchev–Trinajstić information content (AvgIpc) is 2.97. The van der Waals surface area contributed by atoms with E-state index in [0.29, 0.717) is 12.1 Å². The Morgan fingerprint density at radius 2 is 1.90 bits per heavy atom. The van der Waals surface area contributed by atoms with Crippen LogP contribution in [0.5, 0.6) is 5.75 Å². The molecule has 2 heteroatoms. The fraction of sp³-hybridized carbons (Fsp3) is 0.667. The maximum atomic E-state index is 6.00. The van der Waals surface area contributed by atoms with Gasteiger partial charge in [0.15, 0.2) is 0 Å². The maximum absolute atomic E-state index is 6.00. The quantitative estimate of drug-likeness (QED) is 0.762. The highest BCUT2D eigenvalue weighted by atomic mass is 16.5. The molecule has 1 saturated carbocycles. The van der Waals surface area contributed by atoms with Gasteiger partial charge >= 0.3 is 0 Å². The maximum Gasteiger partial charge on any atom is 0.119 e. The first-order chi connectivity index (χ1) is 9.78. The summed E-state index contributed by atoms with van der Waals surface area (Å²) in [5, 5.41) is 3.54. The third-order valence-electron chi connectivity index (χ3n) is 4.14. The van der Waals surface area contributed by atoms with Gasteiger partial charge < -0.3 is 10.1 Å². The molecule has 0 saturated heterocycles. The van der Waals surface area contributed by atoms with Crippen molar-refractivity contribution in [1.82, 2.24) is 5.32 Å². The van der Waals surface area contributed by atoms with Gasteiger partial charge in [0.25, 0.3) is 0 Å². The molecule has 0 spiro atoms. The zero-order chi connectivity index (χ0) is 14.2. The molecular formula is C18H29NO. The Hall–Kier alpha value is -1.02. The number of hydrogen-bond donors (Lipinski definition) is 1. The number of aryl methyl sites for hydroxylation is 1. The Balaban J connectivity index is 1.73. The molecule has 0 aromatic heterocycles. The molecule has 1 atom stereocenters. The standard InChI is InChI=1S/C18H29NO/c1-3-14-19-15(2)8-9-16-10-12-18(13-11-16)20-17-6-4-5-7-17/h10-13,15,17,19H,3-9,14H2,1-2H3. The van der Waals surface area contributed by atoms with Crippen LogP contribution in [0.4, 0.5) is 0 Å². The van der Waals surface area contributed by atoms with Crippen molar-refractivity contribution in [2.45, 2.75) is 70.9 Å². The van der Waals surface area contributed by atoms with Crippen molar-refractivity contribution in [3.8, 4) is 5.75 Å². The lowest BCUT2D eigenvalue weighted by Crippen LogP contribution is -2.27. The average molecular weight is 275 g/mol. The van der Waals surface area contributed by atoms with E-state index in [0.717, 1.165) is 18.7 Å². The van der Waals surface area contributed by atoms with Crippen molar-refractivity contribution < 1.29 is 4.74 Å². The molecule has 2 rings (SSSR count). The minimum Gasteiger partial charge on any atom is -0.490 e. The van der Waals surface area contributed by atoms with E-state index >= 15 is 0 Å². The van der Waals surface area contributed by atoms with E-state index < -0.39 is 0 Å². The Kier molecular flexibility index (Phi) is 6.38. The first-order valence-electron chi connectivity index (χ1n) is 8.27. The van der Waals surface area contributed by atoms with Gasteiger partial charge in [0.05, 0.1) is 6.10 Å². The number of benzene rings is 1. The molecule has 1 fully saturated rings. The van der Waals surface area contributed by atoms with E-state index in [2.05, 4.69) is 43.4 Å². The fourth-order valence-electron chi connectivity index (χ4n) is 2.81. The molecule has 0 heterocycles. The Morgan fingerprint density at radius 3 is 2.55 bits per heavy atom. The van der Waals surface area contributed by atoms with Gasteiger partial charge in [-0.3, -0.25) is 0 Å². The van der Waals surface area contributed by atoms with Crippen molar-refractivity contribution in [1.29, 1.82) is 0 Å². The topological polar surface area (TPSA) is 21.3 Å². The Bertz CT molecular complexity index is 368. The highest BCUT2D eigenvalue weighted by Crippen LogP contribution is 2.24. The molecular weight excluding hydrogens is 246 g/mol. The van der Waals surface area contributed by atoms with Crippen molar-refractivity contribution in [2.24, 2.45) is 0 Å². The lowest BCUT2D eigenvalue weighted by atomic mass is 10.1. The van der Waals surface area contributed by atoms with Crippen molar-refractivity contribution in [3.05, 3.63) is 29.8 Å². The predicted octanol–water partition coefficient (Wildman–Crippen LogP) is 4.33. The van der Waals surface area contributed by atoms with Gasteiger partial charge in [-0.15, -0.1) is 0 Å². The van der Waals surface area contributed by atoms with Crippen LogP contribution in [0.3, 0.4) is 0 Å². The van der Waals surface area contributed by atoms with Crippen LogP contribution in [-0.2, 0) is 6.42 Å². The first kappa shape index (κ1) is 15.4. The van der Waals surface area contributed by atoms with Crippen LogP contribution < -0.4 is 10.1 Å². The van der Waals surface area contributed by atoms with Crippen LogP contribution in [0.2, 0.25) is 0 Å². The monoisotopic (exact) mass is 275 g/mol. The summed E-state index contributed by atoms with van der Waals surface area (Å²) in [6.07, 6.45) is 9.10. The zero-order valence-corrected chi connectivity index (χ0v) is 13.0. The SMILES string of the molecule is CCCNC(C)CCc1ccc(OC2CCCC2)cc1. The fourth-order valence-corrected chi connectivity index (χ4v) is 2.81. The van der Waals surface area contributed by atoms with Crippen molar-refractivity contribution in [2.75, 3.05) is 6.54 Å². The highest BCUT2D eigenvalue weighted by Gasteiger charge is 2.16. The third kappa shape index (κ3) is 5.16. The number of hydrogen-bond acceptors (Lipinski definition) is 2. The second-order valence-corrected chi connectivity index (χ2v) is 6.06. The summed E-state index contributed by atoms with van der Waals surface area (Å²) in [6.45, 7) is 5.60. The van der Waals surface area contributed by atoms with E-state index in [1.54, 1.807) is 0 Å². The molecule has 1 N–H and O–H groups in total. The van der Waals surface area contributed by atoms with Crippen LogP contribution in [-0.4, -0.2) is 18.7 Å². The second kappa shape index (κ2) is 8.31. The van der Waals surface area contributed by atoms with Gasteiger partial charge in [-0.25, -0.2) is 0 Å². The second-order valence-electron chi connectivity index (χ2n) is 6.06. The summed E-state index contributed by atoms with van der Waals surface area (Å²) in [5.41, 5.74) is 1.41. The lowest BCUT2D eigenvalue weighted by molar-refractivity contribution is 0.210. The number of ether oxygens (including phenoxy) is 1. The van der Waals surface area contributed by atoms with Crippen LogP contribution >= 0.6 is 0 Å². The van der Waals surface area contributed by atoms with Gasteiger partial charge in [0, 0.05) is 6.04 Å². The normalized spacial score (nSPS) is 17.3. The Labute approximate surface area is 123 Å². The Morgan fingerprint density at radius 1 is 1.20 bits per heavy atom. The molecule has 2 nitrogen and oxygen atoms in total. The lowest BCUT2D eigenvalue weighted by Gasteiger charge is -2.14. The zero-order valence-electron chi connectivity index (χ0n) is 13.0. The molecule has 112 valence electrons.